The first-order chi connectivity index (χ1) is 11.4. The van der Waals surface area contributed by atoms with Gasteiger partial charge in [-0.3, -0.25) is 9.59 Å². The lowest BCUT2D eigenvalue weighted by molar-refractivity contribution is -0.122. The normalized spacial score (nSPS) is 15.1. The van der Waals surface area contributed by atoms with Crippen LogP contribution in [0.4, 0.5) is 5.69 Å². The van der Waals surface area contributed by atoms with Crippen molar-refractivity contribution in [2.75, 3.05) is 4.90 Å². The highest BCUT2D eigenvalue weighted by molar-refractivity contribution is 6.60. The molecule has 4 nitrogen and oxygen atoms in total. The van der Waals surface area contributed by atoms with Crippen LogP contribution in [0.15, 0.2) is 42.5 Å². The van der Waals surface area contributed by atoms with E-state index in [1.165, 1.54) is 6.92 Å². The van der Waals surface area contributed by atoms with Gasteiger partial charge in [0.25, 0.3) is 5.91 Å². The molecule has 0 bridgehead atoms. The van der Waals surface area contributed by atoms with Crippen LogP contribution in [-0.2, 0) is 9.59 Å². The highest BCUT2D eigenvalue weighted by Crippen LogP contribution is 2.43. The third-order valence-electron chi connectivity index (χ3n) is 3.69. The van der Waals surface area contributed by atoms with E-state index in [-0.39, 0.29) is 10.6 Å². The second-order valence-corrected chi connectivity index (χ2v) is 6.01. The summed E-state index contributed by atoms with van der Waals surface area (Å²) in [6.07, 6.45) is 0. The molecule has 0 unspecified atom stereocenters. The monoisotopic (exact) mass is 356 g/mol. The zero-order valence-corrected chi connectivity index (χ0v) is 14.0. The van der Waals surface area contributed by atoms with Crippen LogP contribution in [0.5, 0.6) is 0 Å². The first kappa shape index (κ1) is 16.3. The number of fused-ring (bicyclic) bond motifs is 1. The highest BCUT2D eigenvalue weighted by Gasteiger charge is 2.37. The number of anilines is 1. The van der Waals surface area contributed by atoms with Gasteiger partial charge in [0.15, 0.2) is 0 Å². The number of amides is 2. The van der Waals surface area contributed by atoms with Crippen LogP contribution in [0.3, 0.4) is 0 Å². The van der Waals surface area contributed by atoms with E-state index in [2.05, 4.69) is 0 Å². The van der Waals surface area contributed by atoms with E-state index in [0.29, 0.717) is 27.4 Å². The molecule has 0 fully saturated rings. The van der Waals surface area contributed by atoms with E-state index in [4.69, 9.17) is 28.5 Å². The maximum absolute atomic E-state index is 12.7. The van der Waals surface area contributed by atoms with Crippen LogP contribution in [-0.4, -0.2) is 11.8 Å². The summed E-state index contributed by atoms with van der Waals surface area (Å²) in [7, 11) is 0. The number of halogens is 2. The Morgan fingerprint density at radius 1 is 1.17 bits per heavy atom. The maximum atomic E-state index is 12.7. The number of nitriles is 1. The third kappa shape index (κ3) is 2.58. The van der Waals surface area contributed by atoms with Crippen molar-refractivity contribution in [1.29, 1.82) is 5.26 Å². The van der Waals surface area contributed by atoms with E-state index in [1.807, 2.05) is 6.07 Å². The average molecular weight is 357 g/mol. The van der Waals surface area contributed by atoms with E-state index in [0.717, 1.165) is 4.90 Å². The van der Waals surface area contributed by atoms with Crippen molar-refractivity contribution < 1.29 is 9.59 Å². The summed E-state index contributed by atoms with van der Waals surface area (Å²) < 4.78 is 0. The van der Waals surface area contributed by atoms with Crippen molar-refractivity contribution in [3.8, 4) is 6.07 Å². The number of hydrogen-bond donors (Lipinski definition) is 0. The number of rotatable bonds is 1. The Balaban J connectivity index is 2.22. The summed E-state index contributed by atoms with van der Waals surface area (Å²) in [4.78, 5) is 25.7. The van der Waals surface area contributed by atoms with Gasteiger partial charge in [0, 0.05) is 17.5 Å². The van der Waals surface area contributed by atoms with Crippen molar-refractivity contribution in [3.05, 3.63) is 64.2 Å². The second-order valence-electron chi connectivity index (χ2n) is 5.20. The van der Waals surface area contributed by atoms with Crippen molar-refractivity contribution in [1.82, 2.24) is 0 Å². The summed E-state index contributed by atoms with van der Waals surface area (Å²) >= 11 is 12.4. The number of nitrogens with zero attached hydrogens (tertiary/aromatic N) is 2. The van der Waals surface area contributed by atoms with Gasteiger partial charge in [0.2, 0.25) is 5.91 Å². The molecule has 1 aliphatic rings. The molecule has 0 spiro atoms. The van der Waals surface area contributed by atoms with Crippen LogP contribution in [0.25, 0.3) is 10.6 Å². The topological polar surface area (TPSA) is 61.2 Å². The van der Waals surface area contributed by atoms with Gasteiger partial charge >= 0.3 is 0 Å². The fraction of sp³-hybridized carbons (Fsp3) is 0.0556. The third-order valence-corrected chi connectivity index (χ3v) is 4.33. The number of carbonyl (C=O) groups excluding carboxylic acids is 2. The van der Waals surface area contributed by atoms with Gasteiger partial charge in [-0.25, -0.2) is 4.90 Å². The summed E-state index contributed by atoms with van der Waals surface area (Å²) in [6.45, 7) is 1.31. The van der Waals surface area contributed by atoms with Gasteiger partial charge in [0.1, 0.15) is 0 Å². The van der Waals surface area contributed by atoms with E-state index in [9.17, 15) is 9.59 Å². The Bertz CT molecular complexity index is 940. The van der Waals surface area contributed by atoms with Crippen LogP contribution in [0, 0.1) is 11.3 Å². The summed E-state index contributed by atoms with van der Waals surface area (Å²) in [5.74, 6) is -0.906. The lowest BCUT2D eigenvalue weighted by Crippen LogP contribution is -2.31. The Labute approximate surface area is 148 Å². The van der Waals surface area contributed by atoms with Gasteiger partial charge < -0.3 is 0 Å². The molecule has 0 aliphatic carbocycles. The van der Waals surface area contributed by atoms with Gasteiger partial charge in [-0.15, -0.1) is 0 Å². The molecule has 6 heteroatoms. The molecule has 3 rings (SSSR count). The Morgan fingerprint density at radius 3 is 2.42 bits per heavy atom. The molecule has 2 aromatic rings. The highest BCUT2D eigenvalue weighted by atomic mass is 35.5. The maximum Gasteiger partial charge on any atom is 0.267 e. The lowest BCUT2D eigenvalue weighted by Gasteiger charge is -2.12. The van der Waals surface area contributed by atoms with Gasteiger partial charge in [-0.05, 0) is 29.8 Å². The minimum Gasteiger partial charge on any atom is -0.274 e. The quantitative estimate of drug-likeness (QED) is 0.719. The van der Waals surface area contributed by atoms with Crippen molar-refractivity contribution in [2.24, 2.45) is 0 Å². The van der Waals surface area contributed by atoms with Gasteiger partial charge in [-0.2, -0.15) is 5.26 Å². The first-order valence-corrected chi connectivity index (χ1v) is 7.75. The predicted molar refractivity (Wildman–Crippen MR) is 93.4 cm³/mol. The largest absolute Gasteiger partial charge is 0.274 e. The fourth-order valence-electron chi connectivity index (χ4n) is 2.60. The van der Waals surface area contributed by atoms with Crippen molar-refractivity contribution in [2.45, 2.75) is 6.92 Å². The van der Waals surface area contributed by atoms with Crippen LogP contribution in [0.2, 0.25) is 5.02 Å². The number of imide groups is 1. The Morgan fingerprint density at radius 2 is 1.83 bits per heavy atom. The molecule has 1 heterocycles. The van der Waals surface area contributed by atoms with E-state index < -0.39 is 11.8 Å². The molecule has 2 aromatic carbocycles. The minimum absolute atomic E-state index is 0.219. The van der Waals surface area contributed by atoms with E-state index >= 15 is 0 Å². The zero-order valence-electron chi connectivity index (χ0n) is 12.5. The lowest BCUT2D eigenvalue weighted by atomic mass is 10.0. The smallest absolute Gasteiger partial charge is 0.267 e. The zero-order chi connectivity index (χ0) is 17.4. The summed E-state index contributed by atoms with van der Waals surface area (Å²) in [5.41, 5.74) is 2.29. The van der Waals surface area contributed by atoms with Crippen LogP contribution < -0.4 is 4.90 Å². The van der Waals surface area contributed by atoms with Crippen molar-refractivity contribution in [3.63, 3.8) is 0 Å². The number of hydrogen-bond acceptors (Lipinski definition) is 3. The molecule has 24 heavy (non-hydrogen) atoms. The van der Waals surface area contributed by atoms with E-state index in [1.54, 1.807) is 42.5 Å². The molecule has 0 saturated heterocycles. The molecular formula is C18H10Cl2N2O2. The molecule has 0 atom stereocenters. The second kappa shape index (κ2) is 6.12. The number of carbonyl (C=O) groups is 2. The summed E-state index contributed by atoms with van der Waals surface area (Å²) in [6, 6.07) is 13.4. The standard InChI is InChI=1S/C18H10Cl2N2O2/c1-10(23)22-15-8-13(19)6-7-14(15)16(18(22)24)17(20)12-4-2-11(9-21)3-5-12/h2-8H,1H3/b17-16+. The predicted octanol–water partition coefficient (Wildman–Crippen LogP) is 4.21. The molecular weight excluding hydrogens is 347 g/mol. The molecule has 0 N–H and O–H groups in total. The Kier molecular flexibility index (Phi) is 4.15. The first-order valence-electron chi connectivity index (χ1n) is 6.99. The number of benzene rings is 2. The average Bonchev–Trinajstić information content (AvgIpc) is 2.85. The van der Waals surface area contributed by atoms with Gasteiger partial charge in [-0.1, -0.05) is 41.4 Å². The van der Waals surface area contributed by atoms with Gasteiger partial charge in [0.05, 0.1) is 27.9 Å². The van der Waals surface area contributed by atoms with Crippen LogP contribution >= 0.6 is 23.2 Å². The molecule has 0 radical (unpaired) electrons. The Hall–Kier alpha value is -2.61. The molecule has 1 aliphatic heterocycles. The molecule has 0 saturated carbocycles. The van der Waals surface area contributed by atoms with Crippen LogP contribution in [0.1, 0.15) is 23.6 Å². The SMILES string of the molecule is CC(=O)N1C(=O)/C(=C(/Cl)c2ccc(C#N)cc2)c2ccc(Cl)cc21. The summed E-state index contributed by atoms with van der Waals surface area (Å²) in [5, 5.41) is 9.51. The molecule has 0 aromatic heterocycles. The molecule has 118 valence electrons. The minimum atomic E-state index is -0.492. The van der Waals surface area contributed by atoms with Crippen molar-refractivity contribution >= 4 is 51.3 Å². The fourth-order valence-corrected chi connectivity index (χ4v) is 3.07. The molecule has 2 amide bonds.